The second-order valence-corrected chi connectivity index (χ2v) is 6.11. The Kier molecular flexibility index (Phi) is 5.55. The van der Waals surface area contributed by atoms with E-state index in [1.165, 1.54) is 30.7 Å². The number of nitrogens with zero attached hydrogens (tertiary/aromatic N) is 1. The van der Waals surface area contributed by atoms with Crippen molar-refractivity contribution in [3.8, 4) is 0 Å². The minimum atomic E-state index is -0.420. The molecule has 0 unspecified atom stereocenters. The van der Waals surface area contributed by atoms with Crippen molar-refractivity contribution in [1.29, 1.82) is 0 Å². The minimum Gasteiger partial charge on any atom is -0.467 e. The summed E-state index contributed by atoms with van der Waals surface area (Å²) in [6, 6.07) is 11.1. The number of pyridine rings is 1. The highest BCUT2D eigenvalue weighted by Crippen LogP contribution is 2.25. The molecular formula is C18H13Cl2N3O3. The second-order valence-electron chi connectivity index (χ2n) is 5.27. The largest absolute Gasteiger partial charge is 0.467 e. The summed E-state index contributed by atoms with van der Waals surface area (Å²) < 4.78 is 5.15. The molecule has 0 radical (unpaired) electrons. The van der Waals surface area contributed by atoms with E-state index < -0.39 is 11.8 Å². The maximum absolute atomic E-state index is 12.4. The fraction of sp³-hybridized carbons (Fsp3) is 0.0556. The van der Waals surface area contributed by atoms with Gasteiger partial charge in [-0.25, -0.2) is 0 Å². The first-order chi connectivity index (χ1) is 12.5. The van der Waals surface area contributed by atoms with E-state index in [0.717, 1.165) is 0 Å². The fourth-order valence-electron chi connectivity index (χ4n) is 2.15. The lowest BCUT2D eigenvalue weighted by molar-refractivity contribution is 0.0943. The number of furan rings is 1. The molecule has 0 aliphatic heterocycles. The Labute approximate surface area is 159 Å². The van der Waals surface area contributed by atoms with Gasteiger partial charge in [-0.3, -0.25) is 14.6 Å². The van der Waals surface area contributed by atoms with Gasteiger partial charge in [-0.05, 0) is 42.5 Å². The van der Waals surface area contributed by atoms with E-state index in [2.05, 4.69) is 15.6 Å². The van der Waals surface area contributed by atoms with Crippen LogP contribution in [0.25, 0.3) is 0 Å². The van der Waals surface area contributed by atoms with Gasteiger partial charge in [0.25, 0.3) is 11.8 Å². The molecule has 3 aromatic rings. The molecule has 0 atom stereocenters. The molecular weight excluding hydrogens is 377 g/mol. The SMILES string of the molecule is O=C(Nc1ccc(Cl)cc1Cl)c1ccnc(C(=O)NCc2ccco2)c1. The lowest BCUT2D eigenvalue weighted by Gasteiger charge is -2.08. The summed E-state index contributed by atoms with van der Waals surface area (Å²) in [6.07, 6.45) is 2.91. The van der Waals surface area contributed by atoms with E-state index in [1.807, 2.05) is 0 Å². The highest BCUT2D eigenvalue weighted by Gasteiger charge is 2.13. The zero-order valence-electron chi connectivity index (χ0n) is 13.3. The maximum atomic E-state index is 12.4. The number of hydrogen-bond acceptors (Lipinski definition) is 4. The molecule has 0 saturated carbocycles. The summed E-state index contributed by atoms with van der Waals surface area (Å²) in [7, 11) is 0. The highest BCUT2D eigenvalue weighted by molar-refractivity contribution is 6.36. The number of nitrogens with one attached hydrogen (secondary N) is 2. The Bertz CT molecular complexity index is 943. The molecule has 1 aromatic carbocycles. The number of carbonyl (C=O) groups is 2. The normalized spacial score (nSPS) is 10.4. The summed E-state index contributed by atoms with van der Waals surface area (Å²) in [5.74, 6) is -0.220. The van der Waals surface area contributed by atoms with Gasteiger partial charge in [-0.15, -0.1) is 0 Å². The van der Waals surface area contributed by atoms with Gasteiger partial charge in [0.05, 0.1) is 23.5 Å². The summed E-state index contributed by atoms with van der Waals surface area (Å²) in [5.41, 5.74) is 0.808. The van der Waals surface area contributed by atoms with Crippen LogP contribution in [0.15, 0.2) is 59.3 Å². The molecule has 0 aliphatic rings. The molecule has 0 bridgehead atoms. The van der Waals surface area contributed by atoms with Crippen LogP contribution in [0.3, 0.4) is 0 Å². The molecule has 2 aromatic heterocycles. The molecule has 0 saturated heterocycles. The first-order valence-electron chi connectivity index (χ1n) is 7.56. The van der Waals surface area contributed by atoms with Crippen LogP contribution in [-0.4, -0.2) is 16.8 Å². The minimum absolute atomic E-state index is 0.117. The number of rotatable bonds is 5. The predicted molar refractivity (Wildman–Crippen MR) is 98.5 cm³/mol. The first kappa shape index (κ1) is 18.0. The number of benzene rings is 1. The number of hydrogen-bond donors (Lipinski definition) is 2. The van der Waals surface area contributed by atoms with Crippen LogP contribution in [0.2, 0.25) is 10.0 Å². The third-order valence-corrected chi connectivity index (χ3v) is 3.99. The number of carbonyl (C=O) groups excluding carboxylic acids is 2. The number of anilines is 1. The van der Waals surface area contributed by atoms with Crippen LogP contribution in [0.5, 0.6) is 0 Å². The topological polar surface area (TPSA) is 84.2 Å². The average molecular weight is 390 g/mol. The third kappa shape index (κ3) is 4.41. The molecule has 8 heteroatoms. The molecule has 2 heterocycles. The summed E-state index contributed by atoms with van der Waals surface area (Å²) in [5, 5.41) is 6.12. The van der Waals surface area contributed by atoms with Gasteiger partial charge < -0.3 is 15.1 Å². The third-order valence-electron chi connectivity index (χ3n) is 3.44. The van der Waals surface area contributed by atoms with Crippen molar-refractivity contribution in [2.24, 2.45) is 0 Å². The van der Waals surface area contributed by atoms with Crippen molar-refractivity contribution >= 4 is 40.7 Å². The number of amides is 2. The molecule has 3 rings (SSSR count). The molecule has 26 heavy (non-hydrogen) atoms. The molecule has 2 amide bonds. The van der Waals surface area contributed by atoms with Crippen molar-refractivity contribution < 1.29 is 14.0 Å². The Morgan fingerprint density at radius 3 is 2.65 bits per heavy atom. The first-order valence-corrected chi connectivity index (χ1v) is 8.31. The van der Waals surface area contributed by atoms with Crippen LogP contribution in [0, 0.1) is 0 Å². The molecule has 0 spiro atoms. The monoisotopic (exact) mass is 389 g/mol. The van der Waals surface area contributed by atoms with Gasteiger partial charge >= 0.3 is 0 Å². The predicted octanol–water partition coefficient (Wildman–Crippen LogP) is 4.16. The van der Waals surface area contributed by atoms with Crippen molar-refractivity contribution in [3.63, 3.8) is 0 Å². The van der Waals surface area contributed by atoms with E-state index in [9.17, 15) is 9.59 Å². The number of halogens is 2. The zero-order chi connectivity index (χ0) is 18.5. The van der Waals surface area contributed by atoms with Gasteiger partial charge in [0.15, 0.2) is 0 Å². The van der Waals surface area contributed by atoms with Crippen LogP contribution in [-0.2, 0) is 6.54 Å². The van der Waals surface area contributed by atoms with Gasteiger partial charge in [0, 0.05) is 16.8 Å². The Morgan fingerprint density at radius 2 is 1.92 bits per heavy atom. The summed E-state index contributed by atoms with van der Waals surface area (Å²) >= 11 is 11.9. The molecule has 132 valence electrons. The summed E-state index contributed by atoms with van der Waals surface area (Å²) in [6.45, 7) is 0.227. The van der Waals surface area contributed by atoms with Crippen molar-refractivity contribution in [1.82, 2.24) is 10.3 Å². The van der Waals surface area contributed by atoms with Gasteiger partial charge in [0.2, 0.25) is 0 Å². The van der Waals surface area contributed by atoms with Gasteiger partial charge in [-0.2, -0.15) is 0 Å². The van der Waals surface area contributed by atoms with Gasteiger partial charge in [0.1, 0.15) is 11.5 Å². The Morgan fingerprint density at radius 1 is 1.08 bits per heavy atom. The van der Waals surface area contributed by atoms with Crippen LogP contribution >= 0.6 is 23.2 Å². The molecule has 6 nitrogen and oxygen atoms in total. The molecule has 2 N–H and O–H groups in total. The zero-order valence-corrected chi connectivity index (χ0v) is 14.8. The van der Waals surface area contributed by atoms with Crippen LogP contribution in [0.4, 0.5) is 5.69 Å². The highest BCUT2D eigenvalue weighted by atomic mass is 35.5. The average Bonchev–Trinajstić information content (AvgIpc) is 3.15. The smallest absolute Gasteiger partial charge is 0.270 e. The van der Waals surface area contributed by atoms with Crippen molar-refractivity contribution in [2.75, 3.05) is 5.32 Å². The molecule has 0 fully saturated rings. The lowest BCUT2D eigenvalue weighted by Crippen LogP contribution is -2.24. The Hall–Kier alpha value is -2.83. The van der Waals surface area contributed by atoms with E-state index >= 15 is 0 Å². The number of aromatic nitrogens is 1. The lowest BCUT2D eigenvalue weighted by atomic mass is 10.2. The quantitative estimate of drug-likeness (QED) is 0.685. The second kappa shape index (κ2) is 8.03. The Balaban J connectivity index is 1.69. The van der Waals surface area contributed by atoms with E-state index in [1.54, 1.807) is 24.3 Å². The van der Waals surface area contributed by atoms with Crippen molar-refractivity contribution in [3.05, 3.63) is 82.0 Å². The van der Waals surface area contributed by atoms with E-state index in [0.29, 0.717) is 21.5 Å². The van der Waals surface area contributed by atoms with E-state index in [4.69, 9.17) is 27.6 Å². The van der Waals surface area contributed by atoms with Gasteiger partial charge in [-0.1, -0.05) is 23.2 Å². The maximum Gasteiger partial charge on any atom is 0.270 e. The van der Waals surface area contributed by atoms with Crippen molar-refractivity contribution in [2.45, 2.75) is 6.54 Å². The fourth-order valence-corrected chi connectivity index (χ4v) is 2.61. The molecule has 0 aliphatic carbocycles. The van der Waals surface area contributed by atoms with Crippen LogP contribution in [0.1, 0.15) is 26.6 Å². The summed E-state index contributed by atoms with van der Waals surface area (Å²) in [4.78, 5) is 28.6. The van der Waals surface area contributed by atoms with E-state index in [-0.39, 0.29) is 17.8 Å². The van der Waals surface area contributed by atoms with Crippen LogP contribution < -0.4 is 10.6 Å². The standard InChI is InChI=1S/C18H13Cl2N3O3/c19-12-3-4-15(14(20)9-12)23-17(24)11-5-6-21-16(8-11)18(25)22-10-13-2-1-7-26-13/h1-9H,10H2,(H,22,25)(H,23,24).